The van der Waals surface area contributed by atoms with Crippen LogP contribution in [0.3, 0.4) is 0 Å². The van der Waals surface area contributed by atoms with Gasteiger partial charge < -0.3 is 5.32 Å². The summed E-state index contributed by atoms with van der Waals surface area (Å²) in [7, 11) is 0. The van der Waals surface area contributed by atoms with E-state index in [9.17, 15) is 0 Å². The van der Waals surface area contributed by atoms with E-state index in [1.807, 2.05) is 12.1 Å². The molecule has 0 aliphatic carbocycles. The van der Waals surface area contributed by atoms with E-state index < -0.39 is 0 Å². The molecule has 0 saturated carbocycles. The maximum Gasteiger partial charge on any atom is 0.150 e. The van der Waals surface area contributed by atoms with Gasteiger partial charge in [-0.25, -0.2) is 4.98 Å². The van der Waals surface area contributed by atoms with Gasteiger partial charge in [-0.3, -0.25) is 0 Å². The maximum atomic E-state index is 8.82. The van der Waals surface area contributed by atoms with E-state index in [0.29, 0.717) is 28.0 Å². The van der Waals surface area contributed by atoms with Gasteiger partial charge in [0.05, 0.1) is 21.7 Å². The molecular weight excluding hydrogens is 305 g/mol. The molecule has 0 fully saturated rings. The number of benzene rings is 1. The summed E-state index contributed by atoms with van der Waals surface area (Å²) in [5.74, 6) is 0.457. The summed E-state index contributed by atoms with van der Waals surface area (Å²) in [6, 6.07) is 10.9. The highest BCUT2D eigenvalue weighted by molar-refractivity contribution is 6.42. The smallest absolute Gasteiger partial charge is 0.150 e. The van der Waals surface area contributed by atoms with Gasteiger partial charge in [-0.15, -0.1) is 0 Å². The Morgan fingerprint density at radius 1 is 1.16 bits per heavy atom. The minimum atomic E-state index is 0.194. The molecule has 0 radical (unpaired) electrons. The van der Waals surface area contributed by atoms with Gasteiger partial charge in [-0.05, 0) is 23.8 Å². The number of pyridine rings is 1. The fourth-order valence-corrected chi connectivity index (χ4v) is 2.07. The molecule has 2 rings (SSSR count). The van der Waals surface area contributed by atoms with Crippen LogP contribution < -0.4 is 5.32 Å². The summed E-state index contributed by atoms with van der Waals surface area (Å²) in [6.45, 7) is 0.486. The van der Waals surface area contributed by atoms with Crippen molar-refractivity contribution in [3.63, 3.8) is 0 Å². The summed E-state index contributed by atoms with van der Waals surface area (Å²) >= 11 is 17.6. The Labute approximate surface area is 125 Å². The topological polar surface area (TPSA) is 48.7 Å². The maximum absolute atomic E-state index is 8.82. The molecule has 1 heterocycles. The zero-order chi connectivity index (χ0) is 13.8. The average molecular weight is 313 g/mol. The molecule has 0 aliphatic rings. The van der Waals surface area contributed by atoms with Crippen molar-refractivity contribution in [1.82, 2.24) is 4.98 Å². The molecule has 0 aliphatic heterocycles. The molecule has 0 unspecified atom stereocenters. The molecule has 0 bridgehead atoms. The Hall–Kier alpha value is -1.47. The van der Waals surface area contributed by atoms with Crippen molar-refractivity contribution >= 4 is 40.6 Å². The predicted molar refractivity (Wildman–Crippen MR) is 77.8 cm³/mol. The van der Waals surface area contributed by atoms with Crippen molar-refractivity contribution in [2.45, 2.75) is 6.54 Å². The standard InChI is InChI=1S/C13H8Cl3N3/c14-10-5-11(15)13(19-12(10)16)18-7-9-3-1-2-8(4-9)6-17/h1-5H,7H2,(H,18,19). The van der Waals surface area contributed by atoms with E-state index in [2.05, 4.69) is 16.4 Å². The number of nitrogens with zero attached hydrogens (tertiary/aromatic N) is 2. The van der Waals surface area contributed by atoms with Crippen molar-refractivity contribution in [3.05, 3.63) is 56.7 Å². The van der Waals surface area contributed by atoms with Gasteiger partial charge >= 0.3 is 0 Å². The lowest BCUT2D eigenvalue weighted by Gasteiger charge is -2.08. The van der Waals surface area contributed by atoms with Gasteiger partial charge in [0.15, 0.2) is 0 Å². The van der Waals surface area contributed by atoms with Crippen LogP contribution in [0.15, 0.2) is 30.3 Å². The Morgan fingerprint density at radius 2 is 1.95 bits per heavy atom. The van der Waals surface area contributed by atoms with Gasteiger partial charge in [0.25, 0.3) is 0 Å². The second kappa shape index (κ2) is 6.12. The number of nitriles is 1. The van der Waals surface area contributed by atoms with E-state index in [1.54, 1.807) is 12.1 Å². The first-order valence-electron chi connectivity index (χ1n) is 5.34. The van der Waals surface area contributed by atoms with Gasteiger partial charge in [-0.2, -0.15) is 5.26 Å². The molecule has 0 amide bonds. The first-order chi connectivity index (χ1) is 9.10. The highest BCUT2D eigenvalue weighted by atomic mass is 35.5. The van der Waals surface area contributed by atoms with Crippen LogP contribution in [0, 0.1) is 11.3 Å². The third-order valence-electron chi connectivity index (χ3n) is 2.40. The normalized spacial score (nSPS) is 10.0. The van der Waals surface area contributed by atoms with Crippen LogP contribution in [0.4, 0.5) is 5.82 Å². The SMILES string of the molecule is N#Cc1cccc(CNc2nc(Cl)c(Cl)cc2Cl)c1. The van der Waals surface area contributed by atoms with E-state index in [0.717, 1.165) is 5.56 Å². The minimum absolute atomic E-state index is 0.194. The zero-order valence-corrected chi connectivity index (χ0v) is 11.9. The third kappa shape index (κ3) is 3.51. The average Bonchev–Trinajstić information content (AvgIpc) is 2.41. The van der Waals surface area contributed by atoms with Gasteiger partial charge in [0.1, 0.15) is 11.0 Å². The van der Waals surface area contributed by atoms with E-state index in [-0.39, 0.29) is 5.15 Å². The van der Waals surface area contributed by atoms with E-state index in [4.69, 9.17) is 40.1 Å². The molecule has 2 aromatic rings. The Morgan fingerprint density at radius 3 is 2.68 bits per heavy atom. The van der Waals surface area contributed by atoms with Crippen LogP contribution in [-0.2, 0) is 6.54 Å². The largest absolute Gasteiger partial charge is 0.365 e. The van der Waals surface area contributed by atoms with E-state index in [1.165, 1.54) is 6.07 Å². The fraction of sp³-hybridized carbons (Fsp3) is 0.0769. The van der Waals surface area contributed by atoms with Crippen molar-refractivity contribution in [2.24, 2.45) is 0 Å². The van der Waals surface area contributed by atoms with Crippen LogP contribution in [0.2, 0.25) is 15.2 Å². The van der Waals surface area contributed by atoms with Crippen molar-refractivity contribution in [3.8, 4) is 6.07 Å². The molecular formula is C13H8Cl3N3. The summed E-state index contributed by atoms with van der Waals surface area (Å²) < 4.78 is 0. The number of hydrogen-bond acceptors (Lipinski definition) is 3. The third-order valence-corrected chi connectivity index (χ3v) is 3.36. The minimum Gasteiger partial charge on any atom is -0.365 e. The highest BCUT2D eigenvalue weighted by Gasteiger charge is 2.07. The number of hydrogen-bond donors (Lipinski definition) is 1. The van der Waals surface area contributed by atoms with Crippen molar-refractivity contribution < 1.29 is 0 Å². The first-order valence-corrected chi connectivity index (χ1v) is 6.48. The number of anilines is 1. The number of aromatic nitrogens is 1. The van der Waals surface area contributed by atoms with Crippen molar-refractivity contribution in [2.75, 3.05) is 5.32 Å². The summed E-state index contributed by atoms with van der Waals surface area (Å²) in [5.41, 5.74) is 1.55. The molecule has 3 nitrogen and oxygen atoms in total. The van der Waals surface area contributed by atoms with Gasteiger partial charge in [0.2, 0.25) is 0 Å². The lowest BCUT2D eigenvalue weighted by atomic mass is 10.1. The zero-order valence-electron chi connectivity index (χ0n) is 9.62. The Bertz CT molecular complexity index is 650. The lowest BCUT2D eigenvalue weighted by molar-refractivity contribution is 1.11. The molecule has 96 valence electrons. The molecule has 1 aromatic heterocycles. The first kappa shape index (κ1) is 14.0. The van der Waals surface area contributed by atoms with Gasteiger partial charge in [0, 0.05) is 6.54 Å². The van der Waals surface area contributed by atoms with Crippen LogP contribution >= 0.6 is 34.8 Å². The molecule has 0 saturated heterocycles. The molecule has 1 N–H and O–H groups in total. The van der Waals surface area contributed by atoms with Gasteiger partial charge in [-0.1, -0.05) is 46.9 Å². The summed E-state index contributed by atoms with van der Waals surface area (Å²) in [4.78, 5) is 4.06. The fourth-order valence-electron chi connectivity index (χ4n) is 1.50. The molecule has 0 atom stereocenters. The van der Waals surface area contributed by atoms with Crippen LogP contribution in [-0.4, -0.2) is 4.98 Å². The number of rotatable bonds is 3. The van der Waals surface area contributed by atoms with Crippen LogP contribution in [0.1, 0.15) is 11.1 Å². The second-order valence-electron chi connectivity index (χ2n) is 3.76. The highest BCUT2D eigenvalue weighted by Crippen LogP contribution is 2.29. The Balaban J connectivity index is 2.14. The lowest BCUT2D eigenvalue weighted by Crippen LogP contribution is -2.02. The second-order valence-corrected chi connectivity index (χ2v) is 4.93. The molecule has 19 heavy (non-hydrogen) atoms. The van der Waals surface area contributed by atoms with Crippen molar-refractivity contribution in [1.29, 1.82) is 5.26 Å². The van der Waals surface area contributed by atoms with Crippen LogP contribution in [0.25, 0.3) is 0 Å². The predicted octanol–water partition coefficient (Wildman–Crippen LogP) is 4.53. The molecule has 6 heteroatoms. The number of halogens is 3. The summed E-state index contributed by atoms with van der Waals surface area (Å²) in [5, 5.41) is 12.8. The Kier molecular flexibility index (Phi) is 4.49. The van der Waals surface area contributed by atoms with E-state index >= 15 is 0 Å². The molecule has 1 aromatic carbocycles. The quantitative estimate of drug-likeness (QED) is 0.847. The molecule has 0 spiro atoms. The number of nitrogens with one attached hydrogen (secondary N) is 1. The summed E-state index contributed by atoms with van der Waals surface area (Å²) in [6.07, 6.45) is 0. The monoisotopic (exact) mass is 311 g/mol. The van der Waals surface area contributed by atoms with Crippen LogP contribution in [0.5, 0.6) is 0 Å².